The Kier molecular flexibility index (Phi) is 5.70. The summed E-state index contributed by atoms with van der Waals surface area (Å²) in [6.45, 7) is 0. The number of hydrogen-bond donors (Lipinski definition) is 1. The summed E-state index contributed by atoms with van der Waals surface area (Å²) in [5, 5.41) is 2.58. The first-order chi connectivity index (χ1) is 5.24. The number of nitrogens with one attached hydrogen (secondary N) is 1. The number of rotatable bonds is 2. The number of alkyl halides is 1. The van der Waals surface area contributed by atoms with Gasteiger partial charge in [0, 0.05) is 5.75 Å². The second kappa shape index (κ2) is 5.67. The maximum absolute atomic E-state index is 10.9. The van der Waals surface area contributed by atoms with Crippen LogP contribution in [0, 0.1) is 0 Å². The molecule has 0 bridgehead atoms. The van der Waals surface area contributed by atoms with Crippen LogP contribution in [0.15, 0.2) is 0 Å². The van der Waals surface area contributed by atoms with Gasteiger partial charge in [-0.05, 0) is 6.42 Å². The van der Waals surface area contributed by atoms with Crippen molar-refractivity contribution in [3.8, 4) is 0 Å². The topological polar surface area (TPSA) is 46.2 Å². The third kappa shape index (κ3) is 3.21. The molecule has 1 aliphatic rings. The zero-order valence-corrected chi connectivity index (χ0v) is 8.60. The Hall–Kier alpha value is 0.0700. The number of thioether (sulfide) groups is 1. The average molecular weight is 230 g/mol. The largest absolute Gasteiger partial charge is 0.344 e. The SMILES string of the molecule is Cl.O=C(CCl)NC1CCSC1=O. The summed E-state index contributed by atoms with van der Waals surface area (Å²) in [6, 6.07) is -0.300. The quantitative estimate of drug-likeness (QED) is 0.713. The summed E-state index contributed by atoms with van der Waals surface area (Å²) in [5.74, 6) is 0.452. The molecule has 1 amide bonds. The van der Waals surface area contributed by atoms with Crippen molar-refractivity contribution >= 4 is 46.8 Å². The first-order valence-electron chi connectivity index (χ1n) is 3.26. The first kappa shape index (κ1) is 12.1. The van der Waals surface area contributed by atoms with Crippen LogP contribution in [0.5, 0.6) is 0 Å². The summed E-state index contributed by atoms with van der Waals surface area (Å²) < 4.78 is 0. The molecule has 1 N–H and O–H groups in total. The van der Waals surface area contributed by atoms with Crippen LogP contribution >= 0.6 is 35.8 Å². The van der Waals surface area contributed by atoms with E-state index in [2.05, 4.69) is 5.32 Å². The molecule has 0 aliphatic carbocycles. The average Bonchev–Trinajstić information content (AvgIpc) is 2.37. The van der Waals surface area contributed by atoms with Gasteiger partial charge in [0.05, 0.1) is 6.04 Å². The highest BCUT2D eigenvalue weighted by molar-refractivity contribution is 8.14. The summed E-state index contributed by atoms with van der Waals surface area (Å²) in [4.78, 5) is 21.6. The molecule has 0 aromatic carbocycles. The van der Waals surface area contributed by atoms with Gasteiger partial charge >= 0.3 is 0 Å². The van der Waals surface area contributed by atoms with E-state index in [1.165, 1.54) is 11.8 Å². The van der Waals surface area contributed by atoms with Crippen molar-refractivity contribution in [3.05, 3.63) is 0 Å². The number of carbonyl (C=O) groups is 2. The Morgan fingerprint density at radius 3 is 2.83 bits per heavy atom. The molecule has 0 spiro atoms. The Morgan fingerprint density at radius 2 is 2.42 bits per heavy atom. The van der Waals surface area contributed by atoms with Gasteiger partial charge in [-0.1, -0.05) is 11.8 Å². The van der Waals surface area contributed by atoms with Crippen molar-refractivity contribution in [2.75, 3.05) is 11.6 Å². The van der Waals surface area contributed by atoms with Crippen molar-refractivity contribution in [3.63, 3.8) is 0 Å². The molecule has 12 heavy (non-hydrogen) atoms. The van der Waals surface area contributed by atoms with E-state index < -0.39 is 0 Å². The Labute approximate surface area is 86.0 Å². The van der Waals surface area contributed by atoms with Gasteiger partial charge in [-0.15, -0.1) is 24.0 Å². The lowest BCUT2D eigenvalue weighted by Gasteiger charge is -2.07. The number of hydrogen-bond acceptors (Lipinski definition) is 3. The fourth-order valence-corrected chi connectivity index (χ4v) is 1.87. The lowest BCUT2D eigenvalue weighted by atomic mass is 10.2. The van der Waals surface area contributed by atoms with Gasteiger partial charge < -0.3 is 5.32 Å². The van der Waals surface area contributed by atoms with Gasteiger partial charge in [-0.25, -0.2) is 0 Å². The zero-order chi connectivity index (χ0) is 8.27. The third-order valence-corrected chi connectivity index (χ3v) is 2.64. The van der Waals surface area contributed by atoms with E-state index in [0.29, 0.717) is 0 Å². The molecule has 1 rings (SSSR count). The minimum Gasteiger partial charge on any atom is -0.344 e. The molecule has 70 valence electrons. The minimum absolute atomic E-state index is 0. The molecule has 1 atom stereocenters. The van der Waals surface area contributed by atoms with Crippen LogP contribution in [0.3, 0.4) is 0 Å². The molecule has 1 fully saturated rings. The summed E-state index contributed by atoms with van der Waals surface area (Å²) in [6.07, 6.45) is 0.728. The van der Waals surface area contributed by atoms with Gasteiger partial charge in [-0.3, -0.25) is 9.59 Å². The summed E-state index contributed by atoms with van der Waals surface area (Å²) >= 11 is 6.51. The van der Waals surface area contributed by atoms with E-state index in [0.717, 1.165) is 12.2 Å². The van der Waals surface area contributed by atoms with Gasteiger partial charge in [0.15, 0.2) is 0 Å². The van der Waals surface area contributed by atoms with Crippen molar-refractivity contribution in [2.24, 2.45) is 0 Å². The molecule has 0 radical (unpaired) electrons. The maximum atomic E-state index is 10.9. The molecule has 0 aromatic heterocycles. The highest BCUT2D eigenvalue weighted by atomic mass is 35.5. The lowest BCUT2D eigenvalue weighted by Crippen LogP contribution is -2.37. The van der Waals surface area contributed by atoms with E-state index in [9.17, 15) is 9.59 Å². The maximum Gasteiger partial charge on any atom is 0.235 e. The summed E-state index contributed by atoms with van der Waals surface area (Å²) in [7, 11) is 0. The van der Waals surface area contributed by atoms with Crippen molar-refractivity contribution in [2.45, 2.75) is 12.5 Å². The molecular weight excluding hydrogens is 221 g/mol. The second-order valence-electron chi connectivity index (χ2n) is 2.21. The highest BCUT2D eigenvalue weighted by Crippen LogP contribution is 2.19. The fourth-order valence-electron chi connectivity index (χ4n) is 0.860. The van der Waals surface area contributed by atoms with E-state index >= 15 is 0 Å². The smallest absolute Gasteiger partial charge is 0.235 e. The van der Waals surface area contributed by atoms with Gasteiger partial charge in [0.1, 0.15) is 5.88 Å². The van der Waals surface area contributed by atoms with E-state index in [1.54, 1.807) is 0 Å². The predicted molar refractivity (Wildman–Crippen MR) is 52.0 cm³/mol. The third-order valence-electron chi connectivity index (χ3n) is 1.39. The van der Waals surface area contributed by atoms with Crippen LogP contribution in [0.25, 0.3) is 0 Å². The Bertz CT molecular complexity index is 188. The lowest BCUT2D eigenvalue weighted by molar-refractivity contribution is -0.122. The molecular formula is C6H9Cl2NO2S. The van der Waals surface area contributed by atoms with Crippen LogP contribution in [0.2, 0.25) is 0 Å². The molecule has 0 aromatic rings. The first-order valence-corrected chi connectivity index (χ1v) is 4.78. The standard InChI is InChI=1S/C6H8ClNO2S.ClH/c7-3-5(9)8-4-1-2-11-6(4)10;/h4H,1-3H2,(H,8,9);1H. The molecule has 1 aliphatic heterocycles. The predicted octanol–water partition coefficient (Wildman–Crippen LogP) is 0.795. The number of amides is 1. The van der Waals surface area contributed by atoms with Gasteiger partial charge in [0.2, 0.25) is 11.0 Å². The fraction of sp³-hybridized carbons (Fsp3) is 0.667. The van der Waals surface area contributed by atoms with Crippen LogP contribution < -0.4 is 5.32 Å². The molecule has 6 heteroatoms. The Balaban J connectivity index is 0.00000121. The molecule has 3 nitrogen and oxygen atoms in total. The van der Waals surface area contributed by atoms with Crippen LogP contribution in [0.4, 0.5) is 0 Å². The number of halogens is 2. The van der Waals surface area contributed by atoms with Gasteiger partial charge in [-0.2, -0.15) is 0 Å². The van der Waals surface area contributed by atoms with Crippen molar-refractivity contribution < 1.29 is 9.59 Å². The van der Waals surface area contributed by atoms with Crippen molar-refractivity contribution in [1.82, 2.24) is 5.32 Å². The van der Waals surface area contributed by atoms with Crippen molar-refractivity contribution in [1.29, 1.82) is 0 Å². The second-order valence-corrected chi connectivity index (χ2v) is 3.58. The van der Waals surface area contributed by atoms with Crippen LogP contribution in [0.1, 0.15) is 6.42 Å². The minimum atomic E-state index is -0.300. The molecule has 1 heterocycles. The molecule has 0 saturated carbocycles. The number of carbonyl (C=O) groups excluding carboxylic acids is 2. The molecule has 1 unspecified atom stereocenters. The van der Waals surface area contributed by atoms with Gasteiger partial charge in [0.25, 0.3) is 0 Å². The Morgan fingerprint density at radius 1 is 1.75 bits per heavy atom. The van der Waals surface area contributed by atoms with Crippen LogP contribution in [-0.4, -0.2) is 28.7 Å². The monoisotopic (exact) mass is 229 g/mol. The van der Waals surface area contributed by atoms with E-state index in [-0.39, 0.29) is 35.4 Å². The zero-order valence-electron chi connectivity index (χ0n) is 6.21. The van der Waals surface area contributed by atoms with Crippen LogP contribution in [-0.2, 0) is 9.59 Å². The molecule has 1 saturated heterocycles. The normalized spacial score (nSPS) is 21.8. The van der Waals surface area contributed by atoms with E-state index in [4.69, 9.17) is 11.6 Å². The van der Waals surface area contributed by atoms with E-state index in [1.807, 2.05) is 0 Å². The highest BCUT2D eigenvalue weighted by Gasteiger charge is 2.26. The summed E-state index contributed by atoms with van der Waals surface area (Å²) in [5.41, 5.74) is 0.